The third-order valence-electron chi connectivity index (χ3n) is 6.21. The molecule has 152 valence electrons. The van der Waals surface area contributed by atoms with E-state index < -0.39 is 0 Å². The van der Waals surface area contributed by atoms with Gasteiger partial charge in [0.2, 0.25) is 5.91 Å². The second-order valence-corrected chi connectivity index (χ2v) is 9.11. The highest BCUT2D eigenvalue weighted by Gasteiger charge is 2.24. The number of benzene rings is 2. The Morgan fingerprint density at radius 3 is 2.47 bits per heavy atom. The molecule has 0 radical (unpaired) electrons. The number of likely N-dealkylation sites (tertiary alicyclic amines) is 1. The van der Waals surface area contributed by atoms with Gasteiger partial charge in [0, 0.05) is 24.0 Å². The van der Waals surface area contributed by atoms with Gasteiger partial charge in [-0.3, -0.25) is 4.79 Å². The Labute approximate surface area is 181 Å². The van der Waals surface area contributed by atoms with Gasteiger partial charge in [-0.05, 0) is 54.3 Å². The van der Waals surface area contributed by atoms with Crippen molar-refractivity contribution >= 4 is 28.1 Å². The monoisotopic (exact) mass is 414 g/mol. The molecule has 2 aromatic carbocycles. The summed E-state index contributed by atoms with van der Waals surface area (Å²) in [4.78, 5) is 16.5. The van der Waals surface area contributed by atoms with Gasteiger partial charge in [-0.25, -0.2) is 0 Å². The maximum Gasteiger partial charge on any atom is 0.242 e. The number of fused-ring (bicyclic) bond motifs is 1. The molecule has 4 aromatic rings. The topological polar surface area (TPSA) is 25.2 Å². The summed E-state index contributed by atoms with van der Waals surface area (Å²) >= 11 is 1.72. The largest absolute Gasteiger partial charge is 0.341 e. The highest BCUT2D eigenvalue weighted by Crippen LogP contribution is 2.31. The number of rotatable bonds is 5. The van der Waals surface area contributed by atoms with Gasteiger partial charge in [-0.1, -0.05) is 54.6 Å². The lowest BCUT2D eigenvalue weighted by molar-refractivity contribution is -0.133. The van der Waals surface area contributed by atoms with E-state index in [9.17, 15) is 4.79 Å². The number of aromatic nitrogens is 1. The van der Waals surface area contributed by atoms with E-state index in [0.717, 1.165) is 43.6 Å². The molecule has 1 saturated heterocycles. The van der Waals surface area contributed by atoms with Crippen molar-refractivity contribution in [1.82, 2.24) is 9.47 Å². The van der Waals surface area contributed by atoms with Crippen molar-refractivity contribution in [2.75, 3.05) is 13.1 Å². The standard InChI is InChI=1S/C26H26N2OS/c29-26(27-14-12-21(13-15-27)17-20-7-2-1-3-8-20)19-28-23-10-5-4-9-22(23)18-24(28)25-11-6-16-30-25/h1-11,16,18,21H,12-15,17,19H2. The number of piperidine rings is 1. The van der Waals surface area contributed by atoms with Crippen molar-refractivity contribution in [2.45, 2.75) is 25.8 Å². The fourth-order valence-corrected chi connectivity index (χ4v) is 5.33. The second kappa shape index (κ2) is 8.49. The minimum absolute atomic E-state index is 0.229. The highest BCUT2D eigenvalue weighted by molar-refractivity contribution is 7.13. The first kappa shape index (κ1) is 19.1. The fourth-order valence-electron chi connectivity index (χ4n) is 4.58. The van der Waals surface area contributed by atoms with Gasteiger partial charge < -0.3 is 9.47 Å². The summed E-state index contributed by atoms with van der Waals surface area (Å²) in [6.45, 7) is 2.14. The summed E-state index contributed by atoms with van der Waals surface area (Å²) < 4.78 is 2.19. The van der Waals surface area contributed by atoms with Crippen LogP contribution in [-0.4, -0.2) is 28.5 Å². The molecule has 1 fully saturated rings. The van der Waals surface area contributed by atoms with Crippen LogP contribution in [0, 0.1) is 5.92 Å². The summed E-state index contributed by atoms with van der Waals surface area (Å²) in [7, 11) is 0. The first-order chi connectivity index (χ1) is 14.8. The minimum Gasteiger partial charge on any atom is -0.341 e. The van der Waals surface area contributed by atoms with Crippen LogP contribution in [0.25, 0.3) is 21.5 Å². The first-order valence-electron chi connectivity index (χ1n) is 10.7. The van der Waals surface area contributed by atoms with E-state index in [0.29, 0.717) is 12.5 Å². The summed E-state index contributed by atoms with van der Waals surface area (Å²) in [5, 5.41) is 3.28. The van der Waals surface area contributed by atoms with E-state index in [4.69, 9.17) is 0 Å². The number of thiophene rings is 1. The number of para-hydroxylation sites is 1. The molecule has 30 heavy (non-hydrogen) atoms. The Hall–Kier alpha value is -2.85. The zero-order chi connectivity index (χ0) is 20.3. The van der Waals surface area contributed by atoms with Crippen molar-refractivity contribution in [3.05, 3.63) is 83.7 Å². The fraction of sp³-hybridized carbons (Fsp3) is 0.269. The number of carbonyl (C=O) groups is 1. The summed E-state index contributed by atoms with van der Waals surface area (Å²) in [5.74, 6) is 0.901. The Morgan fingerprint density at radius 2 is 1.70 bits per heavy atom. The first-order valence-corrected chi connectivity index (χ1v) is 11.6. The Bertz CT molecular complexity index is 1120. The van der Waals surface area contributed by atoms with Gasteiger partial charge >= 0.3 is 0 Å². The lowest BCUT2D eigenvalue weighted by Crippen LogP contribution is -2.40. The zero-order valence-electron chi connectivity index (χ0n) is 17.0. The molecule has 1 aliphatic heterocycles. The van der Waals surface area contributed by atoms with E-state index in [-0.39, 0.29) is 5.91 Å². The smallest absolute Gasteiger partial charge is 0.242 e. The van der Waals surface area contributed by atoms with E-state index in [2.05, 4.69) is 87.6 Å². The number of carbonyl (C=O) groups excluding carboxylic acids is 1. The second-order valence-electron chi connectivity index (χ2n) is 8.17. The van der Waals surface area contributed by atoms with E-state index >= 15 is 0 Å². The summed E-state index contributed by atoms with van der Waals surface area (Å²) in [6.07, 6.45) is 3.29. The molecule has 0 N–H and O–H groups in total. The number of nitrogens with zero attached hydrogens (tertiary/aromatic N) is 2. The van der Waals surface area contributed by atoms with Crippen LogP contribution in [0.4, 0.5) is 0 Å². The summed E-state index contributed by atoms with van der Waals surface area (Å²) in [6, 6.07) is 25.5. The maximum absolute atomic E-state index is 13.2. The Kier molecular flexibility index (Phi) is 5.41. The number of hydrogen-bond donors (Lipinski definition) is 0. The number of hydrogen-bond acceptors (Lipinski definition) is 2. The van der Waals surface area contributed by atoms with Crippen LogP contribution in [0.15, 0.2) is 78.2 Å². The predicted octanol–water partition coefficient (Wildman–Crippen LogP) is 5.85. The molecule has 0 unspecified atom stereocenters. The van der Waals surface area contributed by atoms with Gasteiger partial charge in [0.05, 0.1) is 10.6 Å². The number of amides is 1. The molecule has 0 spiro atoms. The van der Waals surface area contributed by atoms with Crippen molar-refractivity contribution in [1.29, 1.82) is 0 Å². The third-order valence-corrected chi connectivity index (χ3v) is 7.10. The van der Waals surface area contributed by atoms with Crippen LogP contribution >= 0.6 is 11.3 Å². The molecule has 0 saturated carbocycles. The van der Waals surface area contributed by atoms with Gasteiger partial charge in [0.25, 0.3) is 0 Å². The lowest BCUT2D eigenvalue weighted by atomic mass is 9.90. The third kappa shape index (κ3) is 3.92. The normalized spacial score (nSPS) is 15.0. The minimum atomic E-state index is 0.229. The van der Waals surface area contributed by atoms with Crippen LogP contribution in [-0.2, 0) is 17.8 Å². The van der Waals surface area contributed by atoms with Gasteiger partial charge in [-0.15, -0.1) is 11.3 Å². The van der Waals surface area contributed by atoms with Crippen molar-refractivity contribution < 1.29 is 4.79 Å². The molecule has 4 heteroatoms. The summed E-state index contributed by atoms with van der Waals surface area (Å²) in [5.41, 5.74) is 3.67. The molecule has 5 rings (SSSR count). The molecular weight excluding hydrogens is 388 g/mol. The maximum atomic E-state index is 13.2. The van der Waals surface area contributed by atoms with Crippen LogP contribution in [0.3, 0.4) is 0 Å². The van der Waals surface area contributed by atoms with Gasteiger partial charge in [-0.2, -0.15) is 0 Å². The van der Waals surface area contributed by atoms with Crippen molar-refractivity contribution in [2.24, 2.45) is 5.92 Å². The quantitative estimate of drug-likeness (QED) is 0.402. The highest BCUT2D eigenvalue weighted by atomic mass is 32.1. The lowest BCUT2D eigenvalue weighted by Gasteiger charge is -2.32. The van der Waals surface area contributed by atoms with Crippen molar-refractivity contribution in [3.8, 4) is 10.6 Å². The molecular formula is C26H26N2OS. The van der Waals surface area contributed by atoms with E-state index in [1.165, 1.54) is 15.8 Å². The molecule has 1 amide bonds. The Morgan fingerprint density at radius 1 is 0.933 bits per heavy atom. The van der Waals surface area contributed by atoms with Crippen LogP contribution < -0.4 is 0 Å². The molecule has 3 nitrogen and oxygen atoms in total. The zero-order valence-corrected chi connectivity index (χ0v) is 17.9. The molecule has 0 atom stereocenters. The van der Waals surface area contributed by atoms with Gasteiger partial charge in [0.1, 0.15) is 6.54 Å². The molecule has 0 aliphatic carbocycles. The SMILES string of the molecule is O=C(Cn1c(-c2cccs2)cc2ccccc21)N1CCC(Cc2ccccc2)CC1. The average molecular weight is 415 g/mol. The molecule has 0 bridgehead atoms. The van der Waals surface area contributed by atoms with E-state index in [1.807, 2.05) is 0 Å². The van der Waals surface area contributed by atoms with Crippen molar-refractivity contribution in [3.63, 3.8) is 0 Å². The van der Waals surface area contributed by atoms with Crippen LogP contribution in [0.2, 0.25) is 0 Å². The molecule has 2 aromatic heterocycles. The van der Waals surface area contributed by atoms with Crippen LogP contribution in [0.1, 0.15) is 18.4 Å². The van der Waals surface area contributed by atoms with E-state index in [1.54, 1.807) is 11.3 Å². The van der Waals surface area contributed by atoms with Gasteiger partial charge in [0.15, 0.2) is 0 Å². The van der Waals surface area contributed by atoms with Crippen LogP contribution in [0.5, 0.6) is 0 Å². The molecule has 1 aliphatic rings. The average Bonchev–Trinajstić information content (AvgIpc) is 3.43. The predicted molar refractivity (Wildman–Crippen MR) is 125 cm³/mol. The molecule has 3 heterocycles. The Balaban J connectivity index is 1.29.